The molecular formula is C12H14N2O4S. The summed E-state index contributed by atoms with van der Waals surface area (Å²) in [5.74, 6) is 1.04. The van der Waals surface area contributed by atoms with E-state index in [-0.39, 0.29) is 17.3 Å². The quantitative estimate of drug-likeness (QED) is 0.829. The van der Waals surface area contributed by atoms with Crippen molar-refractivity contribution < 1.29 is 17.7 Å². The Kier molecular flexibility index (Phi) is 3.84. The number of sulfone groups is 1. The third-order valence-corrected chi connectivity index (χ3v) is 4.17. The molecule has 1 aromatic heterocycles. The van der Waals surface area contributed by atoms with Crippen LogP contribution in [0.25, 0.3) is 11.5 Å². The zero-order valence-corrected chi connectivity index (χ0v) is 11.5. The number of rotatable bonds is 5. The van der Waals surface area contributed by atoms with Crippen LogP contribution in [0.1, 0.15) is 12.7 Å². The zero-order chi connectivity index (χ0) is 13.9. The minimum absolute atomic E-state index is 0.0550. The zero-order valence-electron chi connectivity index (χ0n) is 10.7. The monoisotopic (exact) mass is 282 g/mol. The molecule has 0 aliphatic heterocycles. The molecule has 6 nitrogen and oxygen atoms in total. The first-order valence-electron chi connectivity index (χ1n) is 5.71. The first-order valence-corrected chi connectivity index (χ1v) is 7.53. The number of aromatic nitrogens is 2. The van der Waals surface area contributed by atoms with Crippen LogP contribution in [0.15, 0.2) is 28.8 Å². The van der Waals surface area contributed by atoms with Gasteiger partial charge in [-0.05, 0) is 24.3 Å². The number of ether oxygens (including phenoxy) is 1. The van der Waals surface area contributed by atoms with E-state index in [4.69, 9.17) is 9.26 Å². The Morgan fingerprint density at radius 3 is 2.53 bits per heavy atom. The maximum atomic E-state index is 11.5. The van der Waals surface area contributed by atoms with Crippen LogP contribution < -0.4 is 4.74 Å². The molecule has 102 valence electrons. The molecule has 0 atom stereocenters. The van der Waals surface area contributed by atoms with E-state index in [0.29, 0.717) is 11.5 Å². The fourth-order valence-corrected chi connectivity index (χ4v) is 2.18. The number of benzene rings is 1. The topological polar surface area (TPSA) is 82.3 Å². The third-order valence-electron chi connectivity index (χ3n) is 2.59. The van der Waals surface area contributed by atoms with Crippen LogP contribution in [0.5, 0.6) is 5.75 Å². The highest BCUT2D eigenvalue weighted by molar-refractivity contribution is 7.90. The van der Waals surface area contributed by atoms with Gasteiger partial charge in [0.15, 0.2) is 15.7 Å². The first kappa shape index (κ1) is 13.5. The normalized spacial score (nSPS) is 11.5. The summed E-state index contributed by atoms with van der Waals surface area (Å²) in [6, 6.07) is 7.07. The molecule has 19 heavy (non-hydrogen) atoms. The Hall–Kier alpha value is -1.89. The summed E-state index contributed by atoms with van der Waals surface area (Å²) >= 11 is 0. The van der Waals surface area contributed by atoms with Gasteiger partial charge in [-0.25, -0.2) is 8.42 Å². The van der Waals surface area contributed by atoms with Crippen LogP contribution in [0.4, 0.5) is 0 Å². The Labute approximate surface area is 111 Å². The lowest BCUT2D eigenvalue weighted by Gasteiger charge is -1.98. The van der Waals surface area contributed by atoms with E-state index >= 15 is 0 Å². The van der Waals surface area contributed by atoms with Gasteiger partial charge in [-0.1, -0.05) is 12.1 Å². The Morgan fingerprint density at radius 2 is 1.95 bits per heavy atom. The average molecular weight is 282 g/mol. The summed E-state index contributed by atoms with van der Waals surface area (Å²) in [7, 11) is -1.58. The van der Waals surface area contributed by atoms with Crippen molar-refractivity contribution in [2.75, 3.05) is 12.9 Å². The molecule has 0 bridgehead atoms. The summed E-state index contributed by atoms with van der Waals surface area (Å²) in [5, 5.41) is 3.67. The fourth-order valence-electron chi connectivity index (χ4n) is 1.46. The Bertz CT molecular complexity index is 647. The molecule has 0 saturated carbocycles. The average Bonchev–Trinajstić information content (AvgIpc) is 2.86. The van der Waals surface area contributed by atoms with Crippen molar-refractivity contribution in [3.63, 3.8) is 0 Å². The molecule has 7 heteroatoms. The van der Waals surface area contributed by atoms with Gasteiger partial charge < -0.3 is 9.26 Å². The number of hydrogen-bond donors (Lipinski definition) is 0. The summed E-state index contributed by atoms with van der Waals surface area (Å²) in [6.45, 7) is 1.58. The molecule has 0 aliphatic rings. The lowest BCUT2D eigenvalue weighted by Crippen LogP contribution is -2.07. The van der Waals surface area contributed by atoms with Crippen LogP contribution >= 0.6 is 0 Å². The van der Waals surface area contributed by atoms with E-state index in [1.54, 1.807) is 38.3 Å². The van der Waals surface area contributed by atoms with Gasteiger partial charge >= 0.3 is 0 Å². The smallest absolute Gasteiger partial charge is 0.257 e. The maximum Gasteiger partial charge on any atom is 0.257 e. The van der Waals surface area contributed by atoms with E-state index in [9.17, 15) is 8.42 Å². The lowest BCUT2D eigenvalue weighted by atomic mass is 10.2. The van der Waals surface area contributed by atoms with Crippen molar-refractivity contribution in [1.29, 1.82) is 0 Å². The number of methoxy groups -OCH3 is 1. The molecule has 0 N–H and O–H groups in total. The van der Waals surface area contributed by atoms with E-state index in [1.807, 2.05) is 0 Å². The number of hydrogen-bond acceptors (Lipinski definition) is 6. The molecular weight excluding hydrogens is 268 g/mol. The van der Waals surface area contributed by atoms with Gasteiger partial charge in [0.2, 0.25) is 0 Å². The van der Waals surface area contributed by atoms with Gasteiger partial charge in [-0.15, -0.1) is 0 Å². The predicted molar refractivity (Wildman–Crippen MR) is 69.5 cm³/mol. The van der Waals surface area contributed by atoms with Crippen LogP contribution in [0.3, 0.4) is 0 Å². The Morgan fingerprint density at radius 1 is 1.26 bits per heavy atom. The minimum atomic E-state index is -3.16. The molecule has 2 aromatic rings. The highest BCUT2D eigenvalue weighted by Crippen LogP contribution is 2.21. The van der Waals surface area contributed by atoms with E-state index in [1.165, 1.54) is 0 Å². The molecule has 0 fully saturated rings. The largest absolute Gasteiger partial charge is 0.497 e. The molecule has 0 aliphatic carbocycles. The van der Waals surface area contributed by atoms with Crippen molar-refractivity contribution in [1.82, 2.24) is 10.1 Å². The van der Waals surface area contributed by atoms with Crippen molar-refractivity contribution >= 4 is 9.84 Å². The SMILES string of the molecule is CCS(=O)(=O)Cc1noc(-c2ccc(OC)cc2)n1. The van der Waals surface area contributed by atoms with Gasteiger partial charge in [-0.2, -0.15) is 4.98 Å². The molecule has 1 heterocycles. The standard InChI is InChI=1S/C12H14N2O4S/c1-3-19(15,16)8-11-13-12(18-14-11)9-4-6-10(17-2)7-5-9/h4-7H,3,8H2,1-2H3. The van der Waals surface area contributed by atoms with Gasteiger partial charge in [0.25, 0.3) is 5.89 Å². The van der Waals surface area contributed by atoms with Gasteiger partial charge in [0.05, 0.1) is 7.11 Å². The minimum Gasteiger partial charge on any atom is -0.497 e. The van der Waals surface area contributed by atoms with E-state index in [0.717, 1.165) is 5.75 Å². The summed E-state index contributed by atoms with van der Waals surface area (Å²) < 4.78 is 33.0. The van der Waals surface area contributed by atoms with E-state index in [2.05, 4.69) is 10.1 Å². The summed E-state index contributed by atoms with van der Waals surface area (Å²) in [4.78, 5) is 4.07. The highest BCUT2D eigenvalue weighted by atomic mass is 32.2. The number of nitrogens with zero attached hydrogens (tertiary/aromatic N) is 2. The van der Waals surface area contributed by atoms with Crippen LogP contribution in [-0.2, 0) is 15.6 Å². The molecule has 0 saturated heterocycles. The molecule has 1 aromatic carbocycles. The molecule has 2 rings (SSSR count). The Balaban J connectivity index is 2.20. The molecule has 0 unspecified atom stereocenters. The predicted octanol–water partition coefficient (Wildman–Crippen LogP) is 1.68. The highest BCUT2D eigenvalue weighted by Gasteiger charge is 2.15. The fraction of sp³-hybridized carbons (Fsp3) is 0.333. The second-order valence-electron chi connectivity index (χ2n) is 3.92. The van der Waals surface area contributed by atoms with Crippen LogP contribution in [-0.4, -0.2) is 31.4 Å². The van der Waals surface area contributed by atoms with Gasteiger partial charge in [0.1, 0.15) is 11.5 Å². The molecule has 0 amide bonds. The van der Waals surface area contributed by atoms with Crippen molar-refractivity contribution in [3.05, 3.63) is 30.1 Å². The first-order chi connectivity index (χ1) is 9.04. The van der Waals surface area contributed by atoms with Crippen molar-refractivity contribution in [3.8, 4) is 17.2 Å². The van der Waals surface area contributed by atoms with Crippen molar-refractivity contribution in [2.24, 2.45) is 0 Å². The second kappa shape index (κ2) is 5.40. The summed E-state index contributed by atoms with van der Waals surface area (Å²) in [5.41, 5.74) is 0.716. The van der Waals surface area contributed by atoms with Gasteiger partial charge in [0, 0.05) is 11.3 Å². The van der Waals surface area contributed by atoms with Crippen LogP contribution in [0.2, 0.25) is 0 Å². The van der Waals surface area contributed by atoms with E-state index < -0.39 is 9.84 Å². The summed E-state index contributed by atoms with van der Waals surface area (Å²) in [6.07, 6.45) is 0. The lowest BCUT2D eigenvalue weighted by molar-refractivity contribution is 0.414. The molecule has 0 spiro atoms. The van der Waals surface area contributed by atoms with Gasteiger partial charge in [-0.3, -0.25) is 0 Å². The van der Waals surface area contributed by atoms with Crippen LogP contribution in [0, 0.1) is 0 Å². The maximum absolute atomic E-state index is 11.5. The van der Waals surface area contributed by atoms with Crippen molar-refractivity contribution in [2.45, 2.75) is 12.7 Å². The molecule has 0 radical (unpaired) electrons. The second-order valence-corrected chi connectivity index (χ2v) is 6.27. The third kappa shape index (κ3) is 3.31.